The molecule has 0 amide bonds. The molecule has 0 aromatic heterocycles. The zero-order chi connectivity index (χ0) is 29.3. The van der Waals surface area contributed by atoms with Crippen molar-refractivity contribution in [2.75, 3.05) is 0 Å². The van der Waals surface area contributed by atoms with Crippen LogP contribution in [0, 0.1) is 27.7 Å². The van der Waals surface area contributed by atoms with Gasteiger partial charge in [0.1, 0.15) is 23.0 Å². The summed E-state index contributed by atoms with van der Waals surface area (Å²) in [5, 5.41) is 42.9. The third-order valence-electron chi connectivity index (χ3n) is 7.87. The summed E-state index contributed by atoms with van der Waals surface area (Å²) < 4.78 is 0. The van der Waals surface area contributed by atoms with Crippen molar-refractivity contribution in [2.45, 2.75) is 46.5 Å². The minimum atomic E-state index is -0.406. The summed E-state index contributed by atoms with van der Waals surface area (Å²) in [6, 6.07) is 29.3. The average molecular weight is 545 g/mol. The van der Waals surface area contributed by atoms with E-state index in [9.17, 15) is 20.4 Å². The maximum absolute atomic E-state index is 11.4. The molecule has 0 bridgehead atoms. The molecule has 0 aliphatic heterocycles. The lowest BCUT2D eigenvalue weighted by atomic mass is 9.80. The van der Waals surface area contributed by atoms with Gasteiger partial charge in [-0.3, -0.25) is 0 Å². The molecule has 41 heavy (non-hydrogen) atoms. The van der Waals surface area contributed by atoms with E-state index in [0.717, 1.165) is 61.2 Å². The Labute approximate surface area is 241 Å². The SMILES string of the molecule is Cc1cc(Cc2cc(C)c(O)c(C(c3ccccc3)c3cc(Cc4ccc(O)c(C)c4)cc(C)c3O)c2)ccc1O. The highest BCUT2D eigenvalue weighted by molar-refractivity contribution is 5.58. The molecule has 0 spiro atoms. The zero-order valence-corrected chi connectivity index (χ0v) is 23.9. The largest absolute Gasteiger partial charge is 0.508 e. The quantitative estimate of drug-likeness (QED) is 0.156. The second kappa shape index (κ2) is 11.4. The minimum Gasteiger partial charge on any atom is -0.508 e. The van der Waals surface area contributed by atoms with Gasteiger partial charge in [-0.15, -0.1) is 0 Å². The van der Waals surface area contributed by atoms with Crippen LogP contribution in [0.5, 0.6) is 23.0 Å². The lowest BCUT2D eigenvalue weighted by molar-refractivity contribution is 0.454. The molecule has 5 aromatic rings. The fourth-order valence-corrected chi connectivity index (χ4v) is 5.71. The molecule has 0 saturated carbocycles. The van der Waals surface area contributed by atoms with Gasteiger partial charge in [-0.2, -0.15) is 0 Å². The topological polar surface area (TPSA) is 80.9 Å². The third kappa shape index (κ3) is 5.92. The molecule has 4 heteroatoms. The highest BCUT2D eigenvalue weighted by Gasteiger charge is 2.26. The van der Waals surface area contributed by atoms with Crippen molar-refractivity contribution in [3.63, 3.8) is 0 Å². The first-order valence-corrected chi connectivity index (χ1v) is 13.9. The predicted molar refractivity (Wildman–Crippen MR) is 164 cm³/mol. The summed E-state index contributed by atoms with van der Waals surface area (Å²) in [5.41, 5.74) is 9.80. The second-order valence-corrected chi connectivity index (χ2v) is 11.1. The number of aromatic hydroxyl groups is 4. The van der Waals surface area contributed by atoms with Crippen molar-refractivity contribution in [1.29, 1.82) is 0 Å². The average Bonchev–Trinajstić information content (AvgIpc) is 2.94. The van der Waals surface area contributed by atoms with Crippen LogP contribution >= 0.6 is 0 Å². The Bertz CT molecular complexity index is 1610. The van der Waals surface area contributed by atoms with E-state index in [0.29, 0.717) is 12.8 Å². The summed E-state index contributed by atoms with van der Waals surface area (Å²) in [6.07, 6.45) is 1.28. The van der Waals surface area contributed by atoms with Gasteiger partial charge in [0.25, 0.3) is 0 Å². The Kier molecular flexibility index (Phi) is 7.76. The number of benzene rings is 5. The van der Waals surface area contributed by atoms with Crippen LogP contribution in [-0.4, -0.2) is 20.4 Å². The molecule has 0 aliphatic rings. The van der Waals surface area contributed by atoms with Crippen molar-refractivity contribution in [1.82, 2.24) is 0 Å². The molecule has 4 nitrogen and oxygen atoms in total. The Hall–Kier alpha value is -4.70. The van der Waals surface area contributed by atoms with E-state index >= 15 is 0 Å². The summed E-state index contributed by atoms with van der Waals surface area (Å²) >= 11 is 0. The lowest BCUT2D eigenvalue weighted by Crippen LogP contribution is -2.08. The molecule has 0 fully saturated rings. The molecule has 0 radical (unpaired) electrons. The Morgan fingerprint density at radius 3 is 1.29 bits per heavy atom. The van der Waals surface area contributed by atoms with Crippen molar-refractivity contribution >= 4 is 0 Å². The minimum absolute atomic E-state index is 0.209. The maximum atomic E-state index is 11.4. The van der Waals surface area contributed by atoms with Crippen molar-refractivity contribution in [2.24, 2.45) is 0 Å². The number of phenolic OH excluding ortho intramolecular Hbond substituents is 4. The van der Waals surface area contributed by atoms with Gasteiger partial charge in [0.05, 0.1) is 0 Å². The zero-order valence-electron chi connectivity index (χ0n) is 23.9. The van der Waals surface area contributed by atoms with E-state index in [1.54, 1.807) is 12.1 Å². The van der Waals surface area contributed by atoms with E-state index in [1.165, 1.54) is 0 Å². The van der Waals surface area contributed by atoms with E-state index in [1.807, 2.05) is 107 Å². The lowest BCUT2D eigenvalue weighted by Gasteiger charge is -2.24. The van der Waals surface area contributed by atoms with Gasteiger partial charge in [0.2, 0.25) is 0 Å². The molecule has 0 heterocycles. The standard InChI is InChI=1S/C37H36O4/c1-22-14-26(10-12-33(22)38)18-28-16-24(3)36(40)31(20-28)35(30-8-6-5-7-9-30)32-21-29(17-25(4)37(32)41)19-27-11-13-34(39)23(2)15-27/h5-17,20-21,35,38-41H,18-19H2,1-4H3. The molecule has 0 saturated heterocycles. The van der Waals surface area contributed by atoms with Gasteiger partial charge in [0, 0.05) is 17.0 Å². The van der Waals surface area contributed by atoms with Crippen LogP contribution in [0.2, 0.25) is 0 Å². The summed E-state index contributed by atoms with van der Waals surface area (Å²) in [6.45, 7) is 7.58. The number of hydrogen-bond donors (Lipinski definition) is 4. The molecule has 4 N–H and O–H groups in total. The fourth-order valence-electron chi connectivity index (χ4n) is 5.71. The normalized spacial score (nSPS) is 11.2. The first kappa shape index (κ1) is 27.9. The fraction of sp³-hybridized carbons (Fsp3) is 0.189. The molecule has 208 valence electrons. The second-order valence-electron chi connectivity index (χ2n) is 11.1. The molecule has 5 rings (SSSR count). The highest BCUT2D eigenvalue weighted by Crippen LogP contribution is 2.44. The molecule has 0 atom stereocenters. The number of rotatable bonds is 7. The van der Waals surface area contributed by atoms with Crippen molar-refractivity contribution < 1.29 is 20.4 Å². The number of aryl methyl sites for hydroxylation is 4. The smallest absolute Gasteiger partial charge is 0.122 e. The van der Waals surface area contributed by atoms with Gasteiger partial charge < -0.3 is 20.4 Å². The van der Waals surface area contributed by atoms with Crippen LogP contribution in [0.4, 0.5) is 0 Å². The van der Waals surface area contributed by atoms with Crippen LogP contribution in [0.15, 0.2) is 91.0 Å². The Morgan fingerprint density at radius 1 is 0.463 bits per heavy atom. The number of hydrogen-bond acceptors (Lipinski definition) is 4. The number of phenols is 4. The van der Waals surface area contributed by atoms with Gasteiger partial charge >= 0.3 is 0 Å². The van der Waals surface area contributed by atoms with Crippen molar-refractivity contribution in [3.05, 3.63) is 152 Å². The molecule has 5 aromatic carbocycles. The van der Waals surface area contributed by atoms with Gasteiger partial charge in [0.15, 0.2) is 0 Å². The summed E-state index contributed by atoms with van der Waals surface area (Å²) in [4.78, 5) is 0. The van der Waals surface area contributed by atoms with Crippen LogP contribution < -0.4 is 0 Å². The van der Waals surface area contributed by atoms with Crippen LogP contribution in [0.1, 0.15) is 67.1 Å². The van der Waals surface area contributed by atoms with E-state index in [4.69, 9.17) is 0 Å². The monoisotopic (exact) mass is 544 g/mol. The van der Waals surface area contributed by atoms with Gasteiger partial charge in [-0.25, -0.2) is 0 Å². The molecule has 0 aliphatic carbocycles. The first-order valence-electron chi connectivity index (χ1n) is 13.9. The van der Waals surface area contributed by atoms with Crippen molar-refractivity contribution in [3.8, 4) is 23.0 Å². The third-order valence-corrected chi connectivity index (χ3v) is 7.87. The predicted octanol–water partition coefficient (Wildman–Crippen LogP) is 8.10. The maximum Gasteiger partial charge on any atom is 0.122 e. The van der Waals surface area contributed by atoms with Gasteiger partial charge in [-0.1, -0.05) is 78.9 Å². The summed E-state index contributed by atoms with van der Waals surface area (Å²) in [5.74, 6) is 0.557. The highest BCUT2D eigenvalue weighted by atomic mass is 16.3. The van der Waals surface area contributed by atoms with Gasteiger partial charge in [-0.05, 0) is 103 Å². The van der Waals surface area contributed by atoms with Crippen LogP contribution in [-0.2, 0) is 12.8 Å². The molecule has 0 unspecified atom stereocenters. The molecular formula is C37H36O4. The Morgan fingerprint density at radius 2 is 0.878 bits per heavy atom. The first-order chi connectivity index (χ1) is 19.6. The van der Waals surface area contributed by atoms with E-state index in [-0.39, 0.29) is 23.0 Å². The van der Waals surface area contributed by atoms with E-state index < -0.39 is 5.92 Å². The van der Waals surface area contributed by atoms with E-state index in [2.05, 4.69) is 0 Å². The Balaban J connectivity index is 1.64. The summed E-state index contributed by atoms with van der Waals surface area (Å²) in [7, 11) is 0. The molecular weight excluding hydrogens is 508 g/mol. The van der Waals surface area contributed by atoms with Crippen LogP contribution in [0.3, 0.4) is 0 Å². The van der Waals surface area contributed by atoms with Crippen LogP contribution in [0.25, 0.3) is 0 Å².